The first kappa shape index (κ1) is 80.9. The number of benzene rings is 3. The first-order chi connectivity index (χ1) is 51.3. The van der Waals surface area contributed by atoms with Crippen molar-refractivity contribution in [1.29, 1.82) is 0 Å². The summed E-state index contributed by atoms with van der Waals surface area (Å²) in [6, 6.07) is 17.3. The number of carbonyl (C=O) groups excluding carboxylic acids is 6. The van der Waals surface area contributed by atoms with Gasteiger partial charge in [-0.3, -0.25) is 43.7 Å². The predicted molar refractivity (Wildman–Crippen MR) is 394 cm³/mol. The number of imide groups is 1. The molecule has 3 fully saturated rings. The Hall–Kier alpha value is -9.68. The van der Waals surface area contributed by atoms with Crippen molar-refractivity contribution in [3.63, 3.8) is 0 Å². The molecular formula is C74H92N10O22S2. The summed E-state index contributed by atoms with van der Waals surface area (Å²) in [5, 5.41) is 38.8. The normalized spacial score (nSPS) is 22.2. The molecule has 2 saturated carbocycles. The summed E-state index contributed by atoms with van der Waals surface area (Å²) < 4.78 is 81.6. The van der Waals surface area contributed by atoms with Gasteiger partial charge in [0.2, 0.25) is 18.1 Å². The number of nitrogens with two attached hydrogens (primary N) is 1. The molecule has 108 heavy (non-hydrogen) atoms. The van der Waals surface area contributed by atoms with E-state index in [1.54, 1.807) is 44.4 Å². The lowest BCUT2D eigenvalue weighted by Crippen LogP contribution is -2.57. The number of rotatable bonds is 34. The Balaban J connectivity index is 0.775. The molecule has 0 spiro atoms. The van der Waals surface area contributed by atoms with Gasteiger partial charge >= 0.3 is 18.0 Å². The van der Waals surface area contributed by atoms with E-state index in [4.69, 9.17) is 53.6 Å². The number of hydrogen-bond acceptors (Lipinski definition) is 25. The maximum atomic E-state index is 14.2. The number of carboxylic acid groups (broad SMARTS) is 2. The lowest BCUT2D eigenvalue weighted by atomic mass is 9.48. The summed E-state index contributed by atoms with van der Waals surface area (Å²) >= 11 is 1.37. The number of ether oxygens (including phenoxy) is 8. The third-order valence-electron chi connectivity index (χ3n) is 19.4. The number of aromatic nitrogens is 2. The van der Waals surface area contributed by atoms with Crippen molar-refractivity contribution in [1.82, 2.24) is 30.4 Å². The van der Waals surface area contributed by atoms with Gasteiger partial charge in [0.1, 0.15) is 54.6 Å². The van der Waals surface area contributed by atoms with E-state index in [0.717, 1.165) is 52.8 Å². The zero-order valence-electron chi connectivity index (χ0n) is 61.2. The highest BCUT2D eigenvalue weighted by molar-refractivity contribution is 7.85. The third kappa shape index (κ3) is 20.8. The van der Waals surface area contributed by atoms with Crippen LogP contribution in [0.3, 0.4) is 0 Å². The molecule has 0 radical (unpaired) electrons. The largest absolute Gasteiger partial charge is 0.496 e. The Morgan fingerprint density at radius 2 is 1.62 bits per heavy atom. The molecule has 3 aliphatic heterocycles. The van der Waals surface area contributed by atoms with Crippen molar-refractivity contribution >= 4 is 101 Å². The SMILES string of the molecule is COCCN(CCOC12CC(C)(C)CC(C)(CC(C)(CN=C(C)C(=CN)c3ccc(N4CCc5c(OC)ccc(C(=O)Nc6nc7ccccc7s6)c5C4)nc3C(=O)O)C1)C2)C(=O)OCc1ccc(O[C@H]2C[C@@H](O)C[C@@H](C(=O)O)O2)cc1OCCOCCNC(=O)[C@H](CS(=O)(=O)O)NC(=O)CN1C(=O)C=CC1=O. The van der Waals surface area contributed by atoms with E-state index in [-0.39, 0.29) is 118 Å². The summed E-state index contributed by atoms with van der Waals surface area (Å²) in [6.07, 6.45) is 3.08. The van der Waals surface area contributed by atoms with Gasteiger partial charge in [-0.05, 0) is 116 Å². The number of nitrogens with zero attached hydrogens (tertiary/aromatic N) is 6. The lowest BCUT2D eigenvalue weighted by molar-refractivity contribution is -0.195. The number of methoxy groups -OCH3 is 2. The fraction of sp³-hybridized carbons (Fsp3) is 0.500. The van der Waals surface area contributed by atoms with Crippen LogP contribution in [0.15, 0.2) is 90.1 Å². The first-order valence-electron chi connectivity index (χ1n) is 35.2. The van der Waals surface area contributed by atoms with Crippen LogP contribution in [-0.4, -0.2) is 224 Å². The number of para-hydroxylation sites is 1. The number of anilines is 2. The number of fused-ring (bicyclic) bond motifs is 4. The second-order valence-corrected chi connectivity index (χ2v) is 31.6. The summed E-state index contributed by atoms with van der Waals surface area (Å²) in [5.41, 5.74) is 9.13. The average molecular weight is 1540 g/mol. The Labute approximate surface area is 628 Å². The van der Waals surface area contributed by atoms with E-state index in [1.165, 1.54) is 41.7 Å². The molecule has 3 aromatic carbocycles. The van der Waals surface area contributed by atoms with Gasteiger partial charge in [0.05, 0.1) is 55.5 Å². The number of allylic oxidation sites excluding steroid dienone is 1. The van der Waals surface area contributed by atoms with E-state index in [9.17, 15) is 66.6 Å². The number of aliphatic carboxylic acids is 1. The first-order valence-corrected chi connectivity index (χ1v) is 37.6. The van der Waals surface area contributed by atoms with Crippen LogP contribution in [0.1, 0.15) is 123 Å². The van der Waals surface area contributed by atoms with E-state index >= 15 is 0 Å². The number of carbonyl (C=O) groups is 8. The Morgan fingerprint density at radius 1 is 0.870 bits per heavy atom. The summed E-state index contributed by atoms with van der Waals surface area (Å²) in [4.78, 5) is 121. The Bertz CT molecular complexity index is 4380. The molecule has 7 atom stereocenters. The number of nitrogens with one attached hydrogen (secondary N) is 3. The minimum absolute atomic E-state index is 0.0458. The van der Waals surface area contributed by atoms with E-state index in [0.29, 0.717) is 76.4 Å². The van der Waals surface area contributed by atoms with Crippen LogP contribution >= 0.6 is 11.3 Å². The monoisotopic (exact) mass is 1540 g/mol. The van der Waals surface area contributed by atoms with Crippen molar-refractivity contribution in [2.24, 2.45) is 27.0 Å². The second-order valence-electron chi connectivity index (χ2n) is 29.1. The molecule has 6 amide bonds. The topological polar surface area (TPSA) is 435 Å². The smallest absolute Gasteiger partial charge is 0.410 e. The van der Waals surface area contributed by atoms with Gasteiger partial charge in [-0.2, -0.15) is 8.42 Å². The predicted octanol–water partition coefficient (Wildman–Crippen LogP) is 6.17. The highest BCUT2D eigenvalue weighted by Gasteiger charge is 2.58. The standard InChI is InChI=1S/C74H92N10O22S2/c1-44(51(33-75)49-15-17-59(80-64(49)68(93)94)83-22-20-48-52(34-83)50(14-16-55(48)100-7)65(89)81-69-79-53-10-8-9-11-58(53)107-69)77-43-73(5)40-72(4)38-71(2,3)39-74(41-72,42-73)104-27-24-82(23-26-99-6)70(95)103-36-45-12-13-47(105-63-31-46(85)30-57(106-63)67(91)92)32-56(45)102-29-28-101-25-21-76-66(90)54(37-108(96,97)98)78-60(86)35-84-61(87)18-19-62(84)88/h8-19,32-33,46,54,57,63,85H,20-31,34-43,75H2,1-7H3,(H,76,90)(H,78,86)(H,91,92)(H,93,94)(H,79,81,89)(H,96,97,98)/t46-,54-,57-,63+,72?,73?,74?/m0/s1. The molecule has 10 rings (SSSR count). The van der Waals surface area contributed by atoms with Gasteiger partial charge < -0.3 is 79.4 Å². The van der Waals surface area contributed by atoms with Gasteiger partial charge in [0.15, 0.2) is 16.9 Å². The number of aliphatic imine (C=N–C) groups is 1. The minimum atomic E-state index is -4.82. The molecule has 5 aromatic rings. The molecule has 2 aromatic heterocycles. The quantitative estimate of drug-likeness (QED) is 0.00987. The maximum absolute atomic E-state index is 14.2. The lowest BCUT2D eigenvalue weighted by Gasteiger charge is -2.61. The molecule has 2 aliphatic carbocycles. The molecule has 34 heteroatoms. The van der Waals surface area contributed by atoms with E-state index in [1.807, 2.05) is 29.2 Å². The number of carboxylic acids is 2. The van der Waals surface area contributed by atoms with Crippen molar-refractivity contribution in [2.45, 2.75) is 129 Å². The van der Waals surface area contributed by atoms with Crippen LogP contribution in [0.4, 0.5) is 15.7 Å². The molecule has 5 heterocycles. The maximum Gasteiger partial charge on any atom is 0.410 e. The number of aliphatic hydroxyl groups excluding tert-OH is 1. The van der Waals surface area contributed by atoms with E-state index < -0.39 is 99.6 Å². The van der Waals surface area contributed by atoms with Crippen molar-refractivity contribution in [3.8, 4) is 17.2 Å². The second kappa shape index (κ2) is 34.7. The molecule has 3 unspecified atom stereocenters. The molecule has 582 valence electrons. The van der Waals surface area contributed by atoms with Gasteiger partial charge in [0.25, 0.3) is 27.8 Å². The van der Waals surface area contributed by atoms with Crippen molar-refractivity contribution < 1.29 is 105 Å². The van der Waals surface area contributed by atoms with Crippen molar-refractivity contribution in [2.75, 3.05) is 102 Å². The highest BCUT2D eigenvalue weighted by atomic mass is 32.2. The number of aliphatic hydroxyl groups is 1. The molecule has 9 N–H and O–H groups in total. The highest BCUT2D eigenvalue weighted by Crippen LogP contribution is 2.63. The molecule has 32 nitrogen and oxygen atoms in total. The fourth-order valence-electron chi connectivity index (χ4n) is 15.8. The van der Waals surface area contributed by atoms with Crippen LogP contribution < -0.4 is 40.8 Å². The minimum Gasteiger partial charge on any atom is -0.496 e. The number of hydrogen-bond donors (Lipinski definition) is 8. The summed E-state index contributed by atoms with van der Waals surface area (Å²) in [7, 11) is -1.73. The van der Waals surface area contributed by atoms with Gasteiger partial charge in [-0.15, -0.1) is 0 Å². The van der Waals surface area contributed by atoms with Gasteiger partial charge in [0, 0.05) is 117 Å². The average Bonchev–Trinajstić information content (AvgIpc) is 0.898. The van der Waals surface area contributed by atoms with Crippen molar-refractivity contribution in [3.05, 3.63) is 119 Å². The summed E-state index contributed by atoms with van der Waals surface area (Å²) in [5.74, 6) is -6.46. The Morgan fingerprint density at radius 3 is 2.33 bits per heavy atom. The van der Waals surface area contributed by atoms with Crippen LogP contribution in [0.25, 0.3) is 15.8 Å². The number of pyridine rings is 1. The fourth-order valence-corrected chi connectivity index (χ4v) is 17.3. The van der Waals surface area contributed by atoms with Gasteiger partial charge in [-0.25, -0.2) is 24.4 Å². The van der Waals surface area contributed by atoms with Crippen LogP contribution in [0, 0.1) is 16.2 Å². The third-order valence-corrected chi connectivity index (χ3v) is 21.1. The van der Waals surface area contributed by atoms with Crippen LogP contribution in [-0.2, 0) is 77.3 Å². The summed E-state index contributed by atoms with van der Waals surface area (Å²) in [6.45, 7) is 10.5. The van der Waals surface area contributed by atoms with Crippen LogP contribution in [0.5, 0.6) is 17.2 Å². The molecule has 1 saturated heterocycles. The number of aromatic carboxylic acids is 1. The molecule has 5 aliphatic rings. The Kier molecular flexibility index (Phi) is 26.0. The zero-order valence-corrected chi connectivity index (χ0v) is 62.8. The number of amides is 6. The van der Waals surface area contributed by atoms with E-state index in [2.05, 4.69) is 48.6 Å². The van der Waals surface area contributed by atoms with Gasteiger partial charge in [-0.1, -0.05) is 51.2 Å². The zero-order chi connectivity index (χ0) is 77.9. The number of thiazole rings is 1. The molecule has 2 bridgehead atoms. The molecular weight excluding hydrogens is 1440 g/mol. The van der Waals surface area contributed by atoms with Crippen LogP contribution in [0.2, 0.25) is 0 Å².